The van der Waals surface area contributed by atoms with Crippen molar-refractivity contribution in [2.24, 2.45) is 11.8 Å². The summed E-state index contributed by atoms with van der Waals surface area (Å²) in [5.41, 5.74) is 0.606. The average molecular weight is 331 g/mol. The van der Waals surface area contributed by atoms with Gasteiger partial charge in [0.25, 0.3) is 0 Å². The second-order valence-corrected chi connectivity index (χ2v) is 9.01. The van der Waals surface area contributed by atoms with Crippen LogP contribution in [-0.2, 0) is 18.7 Å². The lowest BCUT2D eigenvalue weighted by Gasteiger charge is -2.23. The number of imide groups is 1. The number of fused-ring (bicyclic) bond motifs is 5. The van der Waals surface area contributed by atoms with E-state index in [1.165, 1.54) is 4.90 Å². The molecule has 1 aromatic rings. The maximum atomic E-state index is 13.3. The maximum Gasteiger partial charge on any atom is 0.238 e. The van der Waals surface area contributed by atoms with Crippen LogP contribution in [0.3, 0.4) is 0 Å². The normalized spacial score (nSPS) is 38.2. The standard InChI is InChI=1S/C17H18NO4P/c1-3-22-23(21)12-9-10(2)15(23)14-13(12)16(19)18(17(14)20)11-7-5-4-6-8-11/h4-9,12-15H,3H2,1-2H3/t12-,13+,14+,15+,23?/m0/s1. The van der Waals surface area contributed by atoms with Crippen LogP contribution in [0.2, 0.25) is 0 Å². The van der Waals surface area contributed by atoms with Crippen LogP contribution < -0.4 is 4.90 Å². The number of rotatable bonds is 3. The van der Waals surface area contributed by atoms with Crippen molar-refractivity contribution in [1.82, 2.24) is 0 Å². The number of allylic oxidation sites excluding steroid dienone is 2. The minimum Gasteiger partial charge on any atom is -0.328 e. The minimum absolute atomic E-state index is 0.244. The molecule has 5 atom stereocenters. The van der Waals surface area contributed by atoms with Crippen molar-refractivity contribution in [3.63, 3.8) is 0 Å². The highest BCUT2D eigenvalue weighted by atomic mass is 31.2. The van der Waals surface area contributed by atoms with Gasteiger partial charge in [0.05, 0.1) is 35.4 Å². The molecule has 4 rings (SSSR count). The van der Waals surface area contributed by atoms with Crippen LogP contribution in [0.25, 0.3) is 0 Å². The number of hydrogen-bond donors (Lipinski definition) is 0. The molecule has 1 unspecified atom stereocenters. The summed E-state index contributed by atoms with van der Waals surface area (Å²) in [6.07, 6.45) is 1.89. The second kappa shape index (κ2) is 4.89. The lowest BCUT2D eigenvalue weighted by molar-refractivity contribution is -0.122. The zero-order valence-corrected chi connectivity index (χ0v) is 13.9. The third kappa shape index (κ3) is 1.75. The molecule has 0 saturated carbocycles. The average Bonchev–Trinajstić information content (AvgIpc) is 3.03. The van der Waals surface area contributed by atoms with Crippen LogP contribution in [0, 0.1) is 11.8 Å². The van der Waals surface area contributed by atoms with E-state index in [-0.39, 0.29) is 11.8 Å². The van der Waals surface area contributed by atoms with Gasteiger partial charge in [0.1, 0.15) is 0 Å². The zero-order valence-electron chi connectivity index (χ0n) is 13.0. The molecule has 0 spiro atoms. The van der Waals surface area contributed by atoms with Crippen LogP contribution >= 0.6 is 7.37 Å². The fourth-order valence-corrected chi connectivity index (χ4v) is 8.10. The summed E-state index contributed by atoms with van der Waals surface area (Å²) in [5.74, 6) is -1.59. The van der Waals surface area contributed by atoms with E-state index in [0.29, 0.717) is 12.3 Å². The van der Waals surface area contributed by atoms with E-state index in [0.717, 1.165) is 5.57 Å². The fraction of sp³-hybridized carbons (Fsp3) is 0.412. The predicted octanol–water partition coefficient (Wildman–Crippen LogP) is 2.82. The molecule has 0 aromatic heterocycles. The van der Waals surface area contributed by atoms with Crippen molar-refractivity contribution in [3.8, 4) is 0 Å². The Kier molecular flexibility index (Phi) is 3.16. The number of carbonyl (C=O) groups excluding carboxylic acids is 2. The van der Waals surface area contributed by atoms with E-state index in [9.17, 15) is 14.2 Å². The summed E-state index contributed by atoms with van der Waals surface area (Å²) < 4.78 is 18.9. The number of carbonyl (C=O) groups is 2. The van der Waals surface area contributed by atoms with Crippen molar-refractivity contribution >= 4 is 24.9 Å². The van der Waals surface area contributed by atoms with Gasteiger partial charge in [-0.1, -0.05) is 29.8 Å². The maximum absolute atomic E-state index is 13.3. The van der Waals surface area contributed by atoms with E-state index < -0.39 is 30.5 Å². The van der Waals surface area contributed by atoms with Gasteiger partial charge in [-0.05, 0) is 26.0 Å². The molecule has 2 saturated heterocycles. The molecule has 3 heterocycles. The number of anilines is 1. The van der Waals surface area contributed by atoms with Gasteiger partial charge in [-0.25, -0.2) is 4.90 Å². The smallest absolute Gasteiger partial charge is 0.238 e. The van der Waals surface area contributed by atoms with E-state index >= 15 is 0 Å². The summed E-state index contributed by atoms with van der Waals surface area (Å²) in [6, 6.07) is 8.94. The molecule has 0 radical (unpaired) electrons. The highest BCUT2D eigenvalue weighted by molar-refractivity contribution is 7.62. The molecular formula is C17H18NO4P. The monoisotopic (exact) mass is 331 g/mol. The number of para-hydroxylation sites is 1. The number of nitrogens with zero attached hydrogens (tertiary/aromatic N) is 1. The van der Waals surface area contributed by atoms with Crippen LogP contribution in [0.15, 0.2) is 42.0 Å². The molecule has 3 aliphatic heterocycles. The van der Waals surface area contributed by atoms with Crippen molar-refractivity contribution in [2.75, 3.05) is 11.5 Å². The van der Waals surface area contributed by atoms with Crippen LogP contribution in [-0.4, -0.2) is 29.7 Å². The van der Waals surface area contributed by atoms with Crippen molar-refractivity contribution in [3.05, 3.63) is 42.0 Å². The van der Waals surface area contributed by atoms with Crippen molar-refractivity contribution in [2.45, 2.75) is 25.2 Å². The number of benzene rings is 1. The minimum atomic E-state index is -3.03. The van der Waals surface area contributed by atoms with Gasteiger partial charge in [-0.3, -0.25) is 14.2 Å². The summed E-state index contributed by atoms with van der Waals surface area (Å²) in [5, 5.41) is 0. The molecule has 23 heavy (non-hydrogen) atoms. The van der Waals surface area contributed by atoms with E-state index in [1.807, 2.05) is 19.1 Å². The van der Waals surface area contributed by atoms with Gasteiger partial charge in [0.2, 0.25) is 19.2 Å². The lowest BCUT2D eigenvalue weighted by Crippen LogP contribution is -2.34. The lowest BCUT2D eigenvalue weighted by atomic mass is 9.82. The van der Waals surface area contributed by atoms with Gasteiger partial charge < -0.3 is 4.52 Å². The van der Waals surface area contributed by atoms with Gasteiger partial charge in [0, 0.05) is 0 Å². The Balaban J connectivity index is 1.78. The summed E-state index contributed by atoms with van der Waals surface area (Å²) in [7, 11) is -3.03. The van der Waals surface area contributed by atoms with Crippen molar-refractivity contribution < 1.29 is 18.7 Å². The Morgan fingerprint density at radius 3 is 2.43 bits per heavy atom. The van der Waals surface area contributed by atoms with Crippen molar-refractivity contribution in [1.29, 1.82) is 0 Å². The van der Waals surface area contributed by atoms with Gasteiger partial charge in [-0.2, -0.15) is 0 Å². The Labute approximate surface area is 134 Å². The Bertz CT molecular complexity index is 772. The van der Waals surface area contributed by atoms with E-state index in [1.54, 1.807) is 31.2 Å². The topological polar surface area (TPSA) is 63.7 Å². The van der Waals surface area contributed by atoms with E-state index in [4.69, 9.17) is 4.52 Å². The first kappa shape index (κ1) is 14.9. The Morgan fingerprint density at radius 1 is 1.13 bits per heavy atom. The molecule has 3 aliphatic rings. The van der Waals surface area contributed by atoms with E-state index in [2.05, 4.69) is 0 Å². The Morgan fingerprint density at radius 2 is 1.78 bits per heavy atom. The molecule has 6 heteroatoms. The van der Waals surface area contributed by atoms with Crippen LogP contribution in [0.4, 0.5) is 5.69 Å². The molecule has 2 bridgehead atoms. The van der Waals surface area contributed by atoms with Gasteiger partial charge in [0.15, 0.2) is 0 Å². The van der Waals surface area contributed by atoms with Crippen LogP contribution in [0.1, 0.15) is 13.8 Å². The molecule has 2 amide bonds. The highest BCUT2D eigenvalue weighted by Crippen LogP contribution is 2.75. The fourth-order valence-electron chi connectivity index (χ4n) is 4.38. The molecular weight excluding hydrogens is 313 g/mol. The highest BCUT2D eigenvalue weighted by Gasteiger charge is 2.71. The molecule has 1 aromatic carbocycles. The first-order valence-electron chi connectivity index (χ1n) is 7.86. The molecule has 2 fully saturated rings. The third-order valence-corrected chi connectivity index (χ3v) is 8.62. The first-order valence-corrected chi connectivity index (χ1v) is 9.62. The molecule has 5 nitrogen and oxygen atoms in total. The van der Waals surface area contributed by atoms with Gasteiger partial charge in [-0.15, -0.1) is 0 Å². The summed E-state index contributed by atoms with van der Waals surface area (Å²) >= 11 is 0. The number of hydrogen-bond acceptors (Lipinski definition) is 4. The Hall–Kier alpha value is -1.71. The summed E-state index contributed by atoms with van der Waals surface area (Å²) in [6.45, 7) is 4.01. The predicted molar refractivity (Wildman–Crippen MR) is 86.5 cm³/mol. The van der Waals surface area contributed by atoms with Crippen LogP contribution in [0.5, 0.6) is 0 Å². The molecule has 0 N–H and O–H groups in total. The third-order valence-electron chi connectivity index (χ3n) is 5.15. The largest absolute Gasteiger partial charge is 0.328 e. The first-order chi connectivity index (χ1) is 11.0. The molecule has 120 valence electrons. The number of amides is 2. The SMILES string of the molecule is CCOP1(=O)[C@@H]2C(C)=C[C@H]1[C@H]1C(=O)N(c3ccccc3)C(=O)[C@H]12. The quantitative estimate of drug-likeness (QED) is 0.485. The molecule has 0 aliphatic carbocycles. The second-order valence-electron chi connectivity index (χ2n) is 6.31. The zero-order chi connectivity index (χ0) is 16.4. The summed E-state index contributed by atoms with van der Waals surface area (Å²) in [4.78, 5) is 27.1. The van der Waals surface area contributed by atoms with Gasteiger partial charge >= 0.3 is 0 Å².